The number of hydrogen-bond acceptors (Lipinski definition) is 7. The minimum atomic E-state index is -3.09. The van der Waals surface area contributed by atoms with Gasteiger partial charge in [0.15, 0.2) is 5.01 Å². The van der Waals surface area contributed by atoms with Crippen LogP contribution in [0.1, 0.15) is 86.7 Å². The van der Waals surface area contributed by atoms with Crippen molar-refractivity contribution >= 4 is 29.0 Å². The molecule has 3 rings (SSSR count). The van der Waals surface area contributed by atoms with Gasteiger partial charge in [0, 0.05) is 42.9 Å². The minimum absolute atomic E-state index is 0.0635. The van der Waals surface area contributed by atoms with Gasteiger partial charge in [0.25, 0.3) is 24.2 Å². The van der Waals surface area contributed by atoms with Crippen molar-refractivity contribution in [1.29, 1.82) is 0 Å². The molecule has 0 saturated carbocycles. The molecule has 1 saturated heterocycles. The molecule has 1 atom stereocenters. The second kappa shape index (κ2) is 15.6. The van der Waals surface area contributed by atoms with E-state index >= 15 is 0 Å². The predicted molar refractivity (Wildman–Crippen MR) is 141 cm³/mol. The van der Waals surface area contributed by atoms with Crippen LogP contribution in [0.4, 0.5) is 23.4 Å². The van der Waals surface area contributed by atoms with E-state index in [0.717, 1.165) is 23.6 Å². The van der Waals surface area contributed by atoms with E-state index in [4.69, 9.17) is 5.11 Å². The van der Waals surface area contributed by atoms with E-state index in [-0.39, 0.29) is 40.1 Å². The molecule has 1 unspecified atom stereocenters. The molecule has 0 aliphatic carbocycles. The average molecular weight is 564 g/mol. The van der Waals surface area contributed by atoms with E-state index in [0.29, 0.717) is 17.9 Å². The summed E-state index contributed by atoms with van der Waals surface area (Å²) in [6.45, 7) is 10.6. The molecule has 1 aliphatic rings. The molecule has 1 aliphatic heterocycles. The number of thiazole rings is 1. The van der Waals surface area contributed by atoms with Gasteiger partial charge in [-0.1, -0.05) is 34.6 Å². The van der Waals surface area contributed by atoms with Crippen LogP contribution in [0.15, 0.2) is 12.3 Å². The van der Waals surface area contributed by atoms with Crippen LogP contribution in [0, 0.1) is 0 Å². The molecule has 3 N–H and O–H groups in total. The third-order valence-electron chi connectivity index (χ3n) is 5.18. The number of hydrogen-bond donors (Lipinski definition) is 3. The summed E-state index contributed by atoms with van der Waals surface area (Å²) in [6, 6.07) is 0.346. The first-order valence-electron chi connectivity index (χ1n) is 12.7. The summed E-state index contributed by atoms with van der Waals surface area (Å²) < 4.78 is 55.8. The molecule has 1 fully saturated rings. The standard InChI is InChI=1S/C21H25F4N5O3S.2C2H6/c1-3-4-26-14-7-12(17(22)23)13(9-28-14)16-15(29-19(34-16)18(32)27-5-6-31)20(33)30-10-21(24,25)8-11(30)2;2*1-2/h7,9,11,17,31H,3-6,8,10H2,1-2H3,(H,26,28)(H,27,32);2*1-2H3. The summed E-state index contributed by atoms with van der Waals surface area (Å²) in [7, 11) is 0. The summed E-state index contributed by atoms with van der Waals surface area (Å²) in [5.74, 6) is -4.49. The highest BCUT2D eigenvalue weighted by atomic mass is 32.1. The average Bonchev–Trinajstić information content (AvgIpc) is 3.47. The Bertz CT molecular complexity index is 1050. The van der Waals surface area contributed by atoms with Crippen molar-refractivity contribution in [1.82, 2.24) is 20.2 Å². The Morgan fingerprint density at radius 3 is 2.42 bits per heavy atom. The number of nitrogens with one attached hydrogen (secondary N) is 2. The first-order valence-corrected chi connectivity index (χ1v) is 13.5. The minimum Gasteiger partial charge on any atom is -0.395 e. The highest BCUT2D eigenvalue weighted by molar-refractivity contribution is 7.17. The van der Waals surface area contributed by atoms with Crippen LogP contribution in [-0.2, 0) is 0 Å². The number of amides is 2. The molecule has 214 valence electrons. The lowest BCUT2D eigenvalue weighted by Crippen LogP contribution is -2.35. The largest absolute Gasteiger partial charge is 0.395 e. The lowest BCUT2D eigenvalue weighted by molar-refractivity contribution is 0.0118. The fourth-order valence-corrected chi connectivity index (χ4v) is 4.61. The third kappa shape index (κ3) is 8.35. The van der Waals surface area contributed by atoms with E-state index in [2.05, 4.69) is 20.6 Å². The highest BCUT2D eigenvalue weighted by Crippen LogP contribution is 2.40. The Kier molecular flexibility index (Phi) is 13.6. The van der Waals surface area contributed by atoms with Crippen LogP contribution < -0.4 is 10.6 Å². The quantitative estimate of drug-likeness (QED) is 0.343. The maximum Gasteiger partial charge on any atom is 0.280 e. The van der Waals surface area contributed by atoms with Crippen LogP contribution >= 0.6 is 11.3 Å². The SMILES string of the molecule is CC.CC.CCCNc1cc(C(F)F)c(-c2sc(C(=O)NCCO)nc2C(=O)N2CC(F)(F)CC2C)cn1. The summed E-state index contributed by atoms with van der Waals surface area (Å²) in [6.07, 6.45) is -1.58. The molecule has 38 heavy (non-hydrogen) atoms. The molecule has 2 amide bonds. The second-order valence-corrected chi connectivity index (χ2v) is 8.90. The Hall–Kier alpha value is -2.80. The molecular weight excluding hydrogens is 526 g/mol. The zero-order chi connectivity index (χ0) is 29.0. The topological polar surface area (TPSA) is 107 Å². The number of likely N-dealkylation sites (tertiary alicyclic amines) is 1. The van der Waals surface area contributed by atoms with Crippen LogP contribution in [-0.4, -0.2) is 70.0 Å². The molecule has 0 radical (unpaired) electrons. The van der Waals surface area contributed by atoms with Gasteiger partial charge in [0.2, 0.25) is 0 Å². The molecule has 2 aromatic heterocycles. The molecule has 0 bridgehead atoms. The number of carbonyl (C=O) groups excluding carboxylic acids is 2. The van der Waals surface area contributed by atoms with Crippen molar-refractivity contribution in [2.24, 2.45) is 0 Å². The lowest BCUT2D eigenvalue weighted by Gasteiger charge is -2.20. The Balaban J connectivity index is 0.00000172. The Labute approximate surface area is 224 Å². The van der Waals surface area contributed by atoms with E-state index in [1.54, 1.807) is 0 Å². The number of aromatic nitrogens is 2. The molecule has 0 spiro atoms. The normalized spacial score (nSPS) is 15.8. The first-order chi connectivity index (χ1) is 18.1. The molecule has 8 nitrogen and oxygen atoms in total. The van der Waals surface area contributed by atoms with Gasteiger partial charge in [-0.05, 0) is 19.4 Å². The molecular formula is C25H37F4N5O3S. The Morgan fingerprint density at radius 2 is 1.89 bits per heavy atom. The summed E-state index contributed by atoms with van der Waals surface area (Å²) >= 11 is 0.681. The second-order valence-electron chi connectivity index (χ2n) is 7.90. The number of pyridine rings is 1. The fraction of sp³-hybridized carbons (Fsp3) is 0.600. The zero-order valence-corrected chi connectivity index (χ0v) is 23.4. The number of rotatable bonds is 9. The van der Waals surface area contributed by atoms with E-state index in [1.165, 1.54) is 6.92 Å². The molecule has 3 heterocycles. The third-order valence-corrected chi connectivity index (χ3v) is 6.27. The van der Waals surface area contributed by atoms with Crippen LogP contribution in [0.2, 0.25) is 0 Å². The van der Waals surface area contributed by atoms with Crippen LogP contribution in [0.5, 0.6) is 0 Å². The molecule has 13 heteroatoms. The maximum atomic E-state index is 14.0. The van der Waals surface area contributed by atoms with Gasteiger partial charge in [0.1, 0.15) is 11.5 Å². The smallest absolute Gasteiger partial charge is 0.280 e. The lowest BCUT2D eigenvalue weighted by atomic mass is 10.1. The van der Waals surface area contributed by atoms with Gasteiger partial charge in [-0.3, -0.25) is 9.59 Å². The number of alkyl halides is 4. The molecule has 2 aromatic rings. The first kappa shape index (κ1) is 33.2. The predicted octanol–water partition coefficient (Wildman–Crippen LogP) is 5.61. The van der Waals surface area contributed by atoms with Gasteiger partial charge in [-0.2, -0.15) is 0 Å². The fourth-order valence-electron chi connectivity index (χ4n) is 3.60. The van der Waals surface area contributed by atoms with Crippen molar-refractivity contribution in [3.63, 3.8) is 0 Å². The van der Waals surface area contributed by atoms with Crippen molar-refractivity contribution in [3.05, 3.63) is 28.5 Å². The number of halogens is 4. The van der Waals surface area contributed by atoms with Crippen molar-refractivity contribution < 1.29 is 32.3 Å². The van der Waals surface area contributed by atoms with Crippen LogP contribution in [0.25, 0.3) is 10.4 Å². The van der Waals surface area contributed by atoms with Gasteiger partial charge in [-0.25, -0.2) is 27.5 Å². The monoisotopic (exact) mass is 563 g/mol. The summed E-state index contributed by atoms with van der Waals surface area (Å²) in [5, 5.41) is 14.0. The van der Waals surface area contributed by atoms with E-state index < -0.39 is 48.7 Å². The van der Waals surface area contributed by atoms with Gasteiger partial charge >= 0.3 is 0 Å². The van der Waals surface area contributed by atoms with E-state index in [9.17, 15) is 27.2 Å². The highest BCUT2D eigenvalue weighted by Gasteiger charge is 2.46. The molecule has 0 aromatic carbocycles. The van der Waals surface area contributed by atoms with Gasteiger partial charge in [-0.15, -0.1) is 11.3 Å². The van der Waals surface area contributed by atoms with Crippen molar-refractivity contribution in [2.75, 3.05) is 31.6 Å². The van der Waals surface area contributed by atoms with Crippen molar-refractivity contribution in [3.8, 4) is 10.4 Å². The van der Waals surface area contributed by atoms with Crippen LogP contribution in [0.3, 0.4) is 0 Å². The van der Waals surface area contributed by atoms with Gasteiger partial charge < -0.3 is 20.6 Å². The summed E-state index contributed by atoms with van der Waals surface area (Å²) in [4.78, 5) is 34.7. The maximum absolute atomic E-state index is 14.0. The number of aliphatic hydroxyl groups is 1. The van der Waals surface area contributed by atoms with Crippen molar-refractivity contribution in [2.45, 2.75) is 72.8 Å². The Morgan fingerprint density at radius 1 is 1.24 bits per heavy atom. The van der Waals surface area contributed by atoms with Gasteiger partial charge in [0.05, 0.1) is 18.0 Å². The number of aliphatic hydroxyl groups excluding tert-OH is 1. The van der Waals surface area contributed by atoms with E-state index in [1.807, 2.05) is 34.6 Å². The number of nitrogens with zero attached hydrogens (tertiary/aromatic N) is 3. The number of anilines is 1. The zero-order valence-electron chi connectivity index (χ0n) is 22.6. The number of carbonyl (C=O) groups is 2. The summed E-state index contributed by atoms with van der Waals surface area (Å²) in [5.41, 5.74) is -0.923.